The maximum absolute atomic E-state index is 7.06. The van der Waals surface area contributed by atoms with Crippen LogP contribution in [-0.2, 0) is 29.1 Å². The highest BCUT2D eigenvalue weighted by Gasteiger charge is 2.49. The van der Waals surface area contributed by atoms with Crippen molar-refractivity contribution in [3.63, 3.8) is 0 Å². The van der Waals surface area contributed by atoms with Gasteiger partial charge in [0, 0.05) is 54.1 Å². The van der Waals surface area contributed by atoms with Crippen molar-refractivity contribution in [2.75, 3.05) is 0 Å². The van der Waals surface area contributed by atoms with Crippen molar-refractivity contribution in [1.29, 1.82) is 0 Å². The number of hydrogen-bond acceptors (Lipinski definition) is 3. The Balaban J connectivity index is 0.844. The molecule has 0 amide bonds. The summed E-state index contributed by atoms with van der Waals surface area (Å²) < 4.78 is 20.4. The third kappa shape index (κ3) is 12.8. The highest BCUT2D eigenvalue weighted by Crippen LogP contribution is 2.64. The zero-order chi connectivity index (χ0) is 70.9. The van der Waals surface area contributed by atoms with E-state index in [-0.39, 0.29) is 22.2 Å². The normalized spacial score (nSPS) is 14.7. The Morgan fingerprint density at radius 2 is 0.769 bits per heavy atom. The molecule has 1 unspecified atom stereocenters. The van der Waals surface area contributed by atoms with Crippen LogP contribution in [0.3, 0.4) is 0 Å². The molecule has 0 saturated carbocycles. The fourth-order valence-electron chi connectivity index (χ4n) is 20.2. The molecule has 3 heteroatoms. The van der Waals surface area contributed by atoms with E-state index in [4.69, 9.17) is 13.3 Å². The van der Waals surface area contributed by atoms with Crippen molar-refractivity contribution < 1.29 is 13.3 Å². The predicted molar refractivity (Wildman–Crippen MR) is 443 cm³/mol. The van der Waals surface area contributed by atoms with Gasteiger partial charge in [-0.2, -0.15) is 0 Å². The molecular weight excluding hydrogens is 1260 g/mol. The molecule has 0 bridgehead atoms. The molecule has 3 nitrogen and oxygen atoms in total. The zero-order valence-electron chi connectivity index (χ0n) is 63.8. The van der Waals surface area contributed by atoms with E-state index >= 15 is 0 Å². The van der Waals surface area contributed by atoms with Gasteiger partial charge >= 0.3 is 0 Å². The van der Waals surface area contributed by atoms with Crippen LogP contribution >= 0.6 is 0 Å². The molecule has 0 fully saturated rings. The third-order valence-corrected chi connectivity index (χ3v) is 25.8. The van der Waals surface area contributed by atoms with Crippen molar-refractivity contribution in [1.82, 2.24) is 0 Å². The molecule has 3 heterocycles. The Morgan fingerprint density at radius 3 is 1.40 bits per heavy atom. The number of hydrogen-bond donors (Lipinski definition) is 0. The number of para-hydroxylation sites is 3. The standard InChI is InChI=1S/C101H112O3/c1-8-12-16-20-24-34-56-100(57-35-25-21-17-13-9-2)83-53-55-93-96(77-39-29-32-42-90(77)103-93)95(83)82-67-86-80(66-87(82)100)74-52-49-71(64-85(74)101(86,58-36-26-22-18-14-10-3)59-37-27-23-19-15-11-4)73(60-69-46-44-68(5)45-47-69)61-70-48-51-76-84(62-70)99(6,7)88-65-79(98-97(94(76)88)78-40-30-33-43-91(78)104-98)72-50-54-92-81(63-72)75-38-28-31-41-89(75)102-92/h28-33,38-55,62-67,73H,8-27,34-37,56-61H2,1-7H3. The number of unbranched alkanes of at least 4 members (excludes halogenated alkanes) is 20. The first-order valence-corrected chi connectivity index (χ1v) is 41.4. The fraction of sp³-hybridized carbons (Fsp3) is 0.406. The Bertz CT molecular complexity index is 5190. The molecule has 0 saturated heterocycles. The van der Waals surface area contributed by atoms with Crippen molar-refractivity contribution in [3.8, 4) is 44.5 Å². The molecule has 1 atom stereocenters. The van der Waals surface area contributed by atoms with E-state index in [2.05, 4.69) is 230 Å². The second-order valence-corrected chi connectivity index (χ2v) is 33.0. The van der Waals surface area contributed by atoms with Crippen LogP contribution in [0, 0.1) is 6.92 Å². The summed E-state index contributed by atoms with van der Waals surface area (Å²) in [6.07, 6.45) is 37.9. The first-order valence-electron chi connectivity index (χ1n) is 41.4. The van der Waals surface area contributed by atoms with Gasteiger partial charge in [0.1, 0.15) is 33.5 Å². The van der Waals surface area contributed by atoms with E-state index in [1.807, 2.05) is 0 Å². The second kappa shape index (κ2) is 30.2. The van der Waals surface area contributed by atoms with Gasteiger partial charge in [-0.05, 0) is 195 Å². The van der Waals surface area contributed by atoms with Crippen LogP contribution in [0.5, 0.6) is 0 Å². The quantitative estimate of drug-likeness (QED) is 0.0377. The molecule has 0 N–H and O–H groups in total. The van der Waals surface area contributed by atoms with Crippen LogP contribution in [-0.4, -0.2) is 0 Å². The van der Waals surface area contributed by atoms with E-state index in [1.165, 1.54) is 268 Å². The lowest BCUT2D eigenvalue weighted by Crippen LogP contribution is -2.27. The molecule has 0 radical (unpaired) electrons. The monoisotopic (exact) mass is 1370 g/mol. The number of aryl methyl sites for hydroxylation is 1. The van der Waals surface area contributed by atoms with Crippen LogP contribution in [0.2, 0.25) is 0 Å². The molecule has 0 aliphatic heterocycles. The average Bonchev–Trinajstić information content (AvgIpc) is 1.52. The average molecular weight is 1370 g/mol. The number of benzene rings is 10. The topological polar surface area (TPSA) is 39.4 Å². The van der Waals surface area contributed by atoms with Gasteiger partial charge in [0.15, 0.2) is 0 Å². The zero-order valence-corrected chi connectivity index (χ0v) is 63.8. The van der Waals surface area contributed by atoms with Gasteiger partial charge in [-0.3, -0.25) is 0 Å². The Kier molecular flexibility index (Phi) is 20.3. The summed E-state index contributed by atoms with van der Waals surface area (Å²) in [7, 11) is 0. The maximum atomic E-state index is 7.06. The largest absolute Gasteiger partial charge is 0.456 e. The van der Waals surface area contributed by atoms with E-state index in [0.717, 1.165) is 68.2 Å². The van der Waals surface area contributed by atoms with Gasteiger partial charge < -0.3 is 13.3 Å². The van der Waals surface area contributed by atoms with Crippen LogP contribution in [0.15, 0.2) is 195 Å². The van der Waals surface area contributed by atoms with Gasteiger partial charge in [0.05, 0.1) is 0 Å². The Hall–Kier alpha value is -8.40. The fourth-order valence-corrected chi connectivity index (χ4v) is 20.2. The summed E-state index contributed by atoms with van der Waals surface area (Å²) in [5, 5.41) is 7.25. The van der Waals surface area contributed by atoms with Crippen molar-refractivity contribution >= 4 is 65.8 Å². The highest BCUT2D eigenvalue weighted by molar-refractivity contribution is 6.20. The molecule has 534 valence electrons. The predicted octanol–water partition coefficient (Wildman–Crippen LogP) is 30.8. The lowest BCUT2D eigenvalue weighted by Gasteiger charge is -2.35. The van der Waals surface area contributed by atoms with Gasteiger partial charge in [0.2, 0.25) is 0 Å². The molecule has 10 aromatic carbocycles. The van der Waals surface area contributed by atoms with Crippen molar-refractivity contribution in [2.45, 2.75) is 263 Å². The SMILES string of the molecule is CCCCCCCCC1(CCCCCCCC)c2cc(C(Cc3ccc(C)cc3)Cc3ccc4c(c3)C(C)(C)c3cc(-c5ccc6oc7ccccc7c6c5)c5oc6ccccc6c5c3-4)ccc2-c2cc3c(cc21)-c1c(ccc2oc4ccccc4c12)C3(CCCCCCCC)CCCCCCCC. The Morgan fingerprint density at radius 1 is 0.308 bits per heavy atom. The molecule has 13 aromatic rings. The first-order chi connectivity index (χ1) is 51.0. The van der Waals surface area contributed by atoms with Gasteiger partial charge in [0.25, 0.3) is 0 Å². The lowest BCUT2D eigenvalue weighted by atomic mass is 9.68. The van der Waals surface area contributed by atoms with Gasteiger partial charge in [-0.25, -0.2) is 0 Å². The van der Waals surface area contributed by atoms with E-state index in [1.54, 1.807) is 22.3 Å². The van der Waals surface area contributed by atoms with Crippen LogP contribution in [0.1, 0.15) is 283 Å². The highest BCUT2D eigenvalue weighted by atomic mass is 16.3. The minimum Gasteiger partial charge on any atom is -0.456 e. The van der Waals surface area contributed by atoms with Gasteiger partial charge in [-0.15, -0.1) is 0 Å². The van der Waals surface area contributed by atoms with Crippen LogP contribution in [0.25, 0.3) is 110 Å². The summed E-state index contributed by atoms with van der Waals surface area (Å²) in [5.41, 5.74) is 31.0. The molecule has 104 heavy (non-hydrogen) atoms. The van der Waals surface area contributed by atoms with Crippen LogP contribution < -0.4 is 0 Å². The molecule has 3 aromatic heterocycles. The first kappa shape index (κ1) is 69.9. The minimum atomic E-state index is -0.287. The van der Waals surface area contributed by atoms with Crippen molar-refractivity contribution in [2.24, 2.45) is 0 Å². The van der Waals surface area contributed by atoms with E-state index in [9.17, 15) is 0 Å². The lowest BCUT2D eigenvalue weighted by molar-refractivity contribution is 0.394. The summed E-state index contributed by atoms with van der Waals surface area (Å²) in [4.78, 5) is 0. The van der Waals surface area contributed by atoms with E-state index < -0.39 is 0 Å². The van der Waals surface area contributed by atoms with E-state index in [0.29, 0.717) is 0 Å². The number of fused-ring (bicyclic) bond motifs is 20. The van der Waals surface area contributed by atoms with Crippen LogP contribution in [0.4, 0.5) is 0 Å². The maximum Gasteiger partial charge on any atom is 0.143 e. The molecule has 3 aliphatic carbocycles. The summed E-state index contributed by atoms with van der Waals surface area (Å²) in [6.45, 7) is 16.6. The molecule has 0 spiro atoms. The minimum absolute atomic E-state index is 0.0809. The third-order valence-electron chi connectivity index (χ3n) is 25.8. The molecular formula is C101H112O3. The number of furan rings is 3. The summed E-state index contributed by atoms with van der Waals surface area (Å²) in [5.74, 6) is 0.240. The summed E-state index contributed by atoms with van der Waals surface area (Å²) in [6, 6.07) is 71.2. The van der Waals surface area contributed by atoms with Crippen molar-refractivity contribution in [3.05, 3.63) is 238 Å². The molecule has 3 aliphatic rings. The smallest absolute Gasteiger partial charge is 0.143 e. The molecule has 16 rings (SSSR count). The second-order valence-electron chi connectivity index (χ2n) is 33.0. The Labute approximate surface area is 620 Å². The van der Waals surface area contributed by atoms with Gasteiger partial charge in [-0.1, -0.05) is 329 Å². The number of rotatable bonds is 34. The summed E-state index contributed by atoms with van der Waals surface area (Å²) >= 11 is 0.